The average molecular weight is 327 g/mol. The van der Waals surface area contributed by atoms with Crippen LogP contribution in [0.25, 0.3) is 6.08 Å². The highest BCUT2D eigenvalue weighted by atomic mass is 32.1. The van der Waals surface area contributed by atoms with Crippen molar-refractivity contribution in [3.05, 3.63) is 52.2 Å². The van der Waals surface area contributed by atoms with E-state index in [1.54, 1.807) is 17.4 Å². The lowest BCUT2D eigenvalue weighted by atomic mass is 10.1. The van der Waals surface area contributed by atoms with E-state index in [9.17, 15) is 4.79 Å². The fraction of sp³-hybridized carbons (Fsp3) is 0.278. The normalized spacial score (nSPS) is 19.7. The van der Waals surface area contributed by atoms with E-state index in [0.717, 1.165) is 36.4 Å². The van der Waals surface area contributed by atoms with Crippen molar-refractivity contribution in [2.75, 3.05) is 13.3 Å². The fourth-order valence-corrected chi connectivity index (χ4v) is 3.96. The van der Waals surface area contributed by atoms with Crippen molar-refractivity contribution in [1.82, 2.24) is 4.90 Å². The van der Waals surface area contributed by atoms with E-state index in [0.29, 0.717) is 0 Å². The molecule has 5 heteroatoms. The number of hydrogen-bond donors (Lipinski definition) is 0. The van der Waals surface area contributed by atoms with Crippen molar-refractivity contribution in [2.45, 2.75) is 18.9 Å². The van der Waals surface area contributed by atoms with Crippen molar-refractivity contribution in [3.63, 3.8) is 0 Å². The zero-order chi connectivity index (χ0) is 15.6. The molecule has 1 saturated heterocycles. The lowest BCUT2D eigenvalue weighted by Gasteiger charge is -2.22. The first-order valence-corrected chi connectivity index (χ1v) is 8.61. The van der Waals surface area contributed by atoms with Gasteiger partial charge in [-0.25, -0.2) is 0 Å². The minimum atomic E-state index is 0.0681. The molecule has 0 aliphatic carbocycles. The molecule has 1 atom stereocenters. The highest BCUT2D eigenvalue weighted by Crippen LogP contribution is 2.35. The van der Waals surface area contributed by atoms with Gasteiger partial charge in [-0.05, 0) is 48.1 Å². The largest absolute Gasteiger partial charge is 0.454 e. The molecule has 2 aliphatic rings. The minimum Gasteiger partial charge on any atom is -0.454 e. The van der Waals surface area contributed by atoms with Crippen LogP contribution in [0.4, 0.5) is 0 Å². The van der Waals surface area contributed by atoms with Gasteiger partial charge in [0.05, 0.1) is 6.04 Å². The second-order valence-corrected chi connectivity index (χ2v) is 6.63. The second-order valence-electron chi connectivity index (χ2n) is 5.65. The molecule has 1 amide bonds. The number of likely N-dealkylation sites (tertiary alicyclic amines) is 1. The zero-order valence-electron chi connectivity index (χ0n) is 12.6. The molecule has 0 saturated carbocycles. The summed E-state index contributed by atoms with van der Waals surface area (Å²) in [5.41, 5.74) is 0.939. The molecule has 1 aromatic carbocycles. The van der Waals surface area contributed by atoms with Gasteiger partial charge in [-0.1, -0.05) is 12.1 Å². The minimum absolute atomic E-state index is 0.0681. The lowest BCUT2D eigenvalue weighted by Crippen LogP contribution is -2.28. The van der Waals surface area contributed by atoms with Crippen LogP contribution in [0.15, 0.2) is 41.8 Å². The Morgan fingerprint density at radius 1 is 1.26 bits per heavy atom. The molecule has 4 nitrogen and oxygen atoms in total. The Morgan fingerprint density at radius 2 is 2.17 bits per heavy atom. The maximum Gasteiger partial charge on any atom is 0.247 e. The number of carbonyl (C=O) groups excluding carboxylic acids is 1. The van der Waals surface area contributed by atoms with Crippen LogP contribution >= 0.6 is 11.3 Å². The quantitative estimate of drug-likeness (QED) is 0.804. The van der Waals surface area contributed by atoms with Crippen LogP contribution in [0, 0.1) is 0 Å². The maximum atomic E-state index is 12.5. The molecule has 4 rings (SSSR count). The summed E-state index contributed by atoms with van der Waals surface area (Å²) in [6.45, 7) is 1.09. The van der Waals surface area contributed by atoms with E-state index in [1.807, 2.05) is 35.2 Å². The van der Waals surface area contributed by atoms with Gasteiger partial charge < -0.3 is 14.4 Å². The van der Waals surface area contributed by atoms with Crippen LogP contribution in [0.3, 0.4) is 0 Å². The number of amides is 1. The molecule has 1 fully saturated rings. The molecule has 0 spiro atoms. The Morgan fingerprint density at radius 3 is 3.04 bits per heavy atom. The molecule has 23 heavy (non-hydrogen) atoms. The molecule has 0 unspecified atom stereocenters. The standard InChI is InChI=1S/C18H17NO3S/c20-18(19-9-1-3-14(19)17-4-2-10-23-17)8-6-13-5-7-15-16(11-13)22-12-21-15/h2,4-8,10-11,14H,1,3,9,12H2/b8-6+/t14-/m0/s1. The third-order valence-corrected chi connectivity index (χ3v) is 5.20. The number of hydrogen-bond acceptors (Lipinski definition) is 4. The van der Waals surface area contributed by atoms with Gasteiger partial charge in [-0.2, -0.15) is 0 Å². The van der Waals surface area contributed by atoms with Gasteiger partial charge >= 0.3 is 0 Å². The van der Waals surface area contributed by atoms with Crippen LogP contribution < -0.4 is 9.47 Å². The molecule has 3 heterocycles. The van der Waals surface area contributed by atoms with Gasteiger partial charge in [0.2, 0.25) is 12.7 Å². The van der Waals surface area contributed by atoms with Crippen molar-refractivity contribution >= 4 is 23.3 Å². The third kappa shape index (κ3) is 2.84. The Labute approximate surface area is 138 Å². The number of carbonyl (C=O) groups is 1. The van der Waals surface area contributed by atoms with Crippen molar-refractivity contribution < 1.29 is 14.3 Å². The fourth-order valence-electron chi connectivity index (χ4n) is 3.09. The molecule has 0 radical (unpaired) electrons. The highest BCUT2D eigenvalue weighted by Gasteiger charge is 2.29. The van der Waals surface area contributed by atoms with Gasteiger partial charge in [0.15, 0.2) is 11.5 Å². The maximum absolute atomic E-state index is 12.5. The first-order chi connectivity index (χ1) is 11.3. The molecule has 1 aromatic heterocycles. The molecular weight excluding hydrogens is 310 g/mol. The summed E-state index contributed by atoms with van der Waals surface area (Å²) in [7, 11) is 0. The van der Waals surface area contributed by atoms with Crippen molar-refractivity contribution in [3.8, 4) is 11.5 Å². The van der Waals surface area contributed by atoms with Crippen LogP contribution in [-0.4, -0.2) is 24.1 Å². The summed E-state index contributed by atoms with van der Waals surface area (Å²) >= 11 is 1.72. The van der Waals surface area contributed by atoms with Crippen LogP contribution in [-0.2, 0) is 4.79 Å². The predicted molar refractivity (Wildman–Crippen MR) is 89.6 cm³/mol. The lowest BCUT2D eigenvalue weighted by molar-refractivity contribution is -0.126. The summed E-state index contributed by atoms with van der Waals surface area (Å²) in [5, 5.41) is 2.07. The van der Waals surface area contributed by atoms with Crippen molar-refractivity contribution in [2.24, 2.45) is 0 Å². The molecule has 0 bridgehead atoms. The summed E-state index contributed by atoms with van der Waals surface area (Å²) in [6.07, 6.45) is 5.61. The molecule has 0 N–H and O–H groups in total. The molecule has 2 aromatic rings. The summed E-state index contributed by atoms with van der Waals surface area (Å²) in [6, 6.07) is 10.1. The smallest absolute Gasteiger partial charge is 0.247 e. The number of benzene rings is 1. The zero-order valence-corrected chi connectivity index (χ0v) is 13.4. The Hall–Kier alpha value is -2.27. The molecule has 118 valence electrons. The van der Waals surface area contributed by atoms with Gasteiger partial charge in [-0.3, -0.25) is 4.79 Å². The van der Waals surface area contributed by atoms with E-state index < -0.39 is 0 Å². The summed E-state index contributed by atoms with van der Waals surface area (Å²) < 4.78 is 10.7. The molecular formula is C18H17NO3S. The topological polar surface area (TPSA) is 38.8 Å². The van der Waals surface area contributed by atoms with E-state index in [1.165, 1.54) is 4.88 Å². The van der Waals surface area contributed by atoms with Gasteiger partial charge in [0, 0.05) is 17.5 Å². The third-order valence-electron chi connectivity index (χ3n) is 4.22. The van der Waals surface area contributed by atoms with E-state index in [4.69, 9.17) is 9.47 Å². The number of thiophene rings is 1. The highest BCUT2D eigenvalue weighted by molar-refractivity contribution is 7.10. The number of fused-ring (bicyclic) bond motifs is 1. The first-order valence-electron chi connectivity index (χ1n) is 7.73. The monoisotopic (exact) mass is 327 g/mol. The van der Waals surface area contributed by atoms with Gasteiger partial charge in [0.1, 0.15) is 0 Å². The SMILES string of the molecule is O=C(/C=C/c1ccc2c(c1)OCO2)N1CCC[C@H]1c1cccs1. The van der Waals surface area contributed by atoms with E-state index >= 15 is 0 Å². The summed E-state index contributed by atoms with van der Waals surface area (Å²) in [4.78, 5) is 15.8. The van der Waals surface area contributed by atoms with Crippen LogP contribution in [0.5, 0.6) is 11.5 Å². The Balaban J connectivity index is 1.49. The average Bonchev–Trinajstić information content (AvgIpc) is 3.32. The summed E-state index contributed by atoms with van der Waals surface area (Å²) in [5.74, 6) is 1.56. The van der Waals surface area contributed by atoms with Crippen LogP contribution in [0.2, 0.25) is 0 Å². The van der Waals surface area contributed by atoms with E-state index in [-0.39, 0.29) is 18.7 Å². The number of ether oxygens (including phenoxy) is 2. The Bertz CT molecular complexity index is 739. The first kappa shape index (κ1) is 14.3. The van der Waals surface area contributed by atoms with Gasteiger partial charge in [-0.15, -0.1) is 11.3 Å². The molecule has 2 aliphatic heterocycles. The number of rotatable bonds is 3. The number of nitrogens with zero attached hydrogens (tertiary/aromatic N) is 1. The van der Waals surface area contributed by atoms with Crippen LogP contribution in [0.1, 0.15) is 29.3 Å². The second kappa shape index (κ2) is 6.08. The Kier molecular flexibility index (Phi) is 3.79. The van der Waals surface area contributed by atoms with Crippen molar-refractivity contribution in [1.29, 1.82) is 0 Å². The predicted octanol–water partition coefficient (Wildman–Crippen LogP) is 3.85. The van der Waals surface area contributed by atoms with Gasteiger partial charge in [0.25, 0.3) is 0 Å². The van der Waals surface area contributed by atoms with E-state index in [2.05, 4.69) is 11.4 Å².